The summed E-state index contributed by atoms with van der Waals surface area (Å²) in [5, 5.41) is 10.8. The van der Waals surface area contributed by atoms with E-state index in [1.54, 1.807) is 12.2 Å². The van der Waals surface area contributed by atoms with E-state index in [1.807, 2.05) is 0 Å². The van der Waals surface area contributed by atoms with Crippen LogP contribution in [0, 0.1) is 16.2 Å². The molecule has 0 aromatic carbocycles. The Morgan fingerprint density at radius 3 is 1.06 bits per heavy atom. The summed E-state index contributed by atoms with van der Waals surface area (Å²) >= 11 is 0. The maximum atomic E-state index is 9.84. The molecule has 0 amide bonds. The monoisotopic (exact) mass is 494 g/mol. The van der Waals surface area contributed by atoms with Gasteiger partial charge in [0.25, 0.3) is 0 Å². The molecule has 0 aliphatic rings. The zero-order valence-corrected chi connectivity index (χ0v) is 22.8. The fourth-order valence-corrected chi connectivity index (χ4v) is 3.15. The van der Waals surface area contributed by atoms with Gasteiger partial charge in [0, 0.05) is 0 Å². The molecule has 0 saturated carbocycles. The lowest BCUT2D eigenvalue weighted by atomic mass is 9.90. The van der Waals surface area contributed by atoms with Gasteiger partial charge in [0.2, 0.25) is 24.3 Å². The zero-order valence-electron chi connectivity index (χ0n) is 22.8. The number of unbranched alkanes of at least 4 members (excludes halogenated alkanes) is 13. The van der Waals surface area contributed by atoms with Gasteiger partial charge in [0.15, 0.2) is 0 Å². The van der Waals surface area contributed by atoms with Crippen LogP contribution in [0.5, 0.6) is 0 Å². The Balaban J connectivity index is -0.000000263. The standard InChI is InChI=1S/C16H28N2O2.C9H20.2CHNO/c19-15-17-13-11-9-7-5-3-1-2-4-6-8-10-12-14-18-16-20;1-5-6-7-8-9(2,3)4;2*2-1-3/h1-14H2;5-8H2,1-4H3;2*2H. The summed E-state index contributed by atoms with van der Waals surface area (Å²) in [5.41, 5.74) is 0.551. The first-order chi connectivity index (χ1) is 16.8. The molecule has 8 nitrogen and oxygen atoms in total. The smallest absolute Gasteiger partial charge is 0.222 e. The molecule has 0 saturated heterocycles. The highest BCUT2D eigenvalue weighted by molar-refractivity contribution is 5.32. The lowest BCUT2D eigenvalue weighted by Gasteiger charge is -2.16. The van der Waals surface area contributed by atoms with Crippen LogP contribution in [0.15, 0.2) is 9.98 Å². The predicted molar refractivity (Wildman–Crippen MR) is 142 cm³/mol. The normalized spacial score (nSPS) is 9.14. The van der Waals surface area contributed by atoms with Crippen molar-refractivity contribution in [2.75, 3.05) is 13.1 Å². The summed E-state index contributed by atoms with van der Waals surface area (Å²) in [6, 6.07) is 0. The van der Waals surface area contributed by atoms with Crippen molar-refractivity contribution in [2.45, 2.75) is 130 Å². The number of isocyanates is 4. The maximum absolute atomic E-state index is 9.84. The highest BCUT2D eigenvalue weighted by atomic mass is 16.1. The molecule has 0 aliphatic heterocycles. The van der Waals surface area contributed by atoms with Gasteiger partial charge in [-0.05, 0) is 24.7 Å². The fraction of sp³-hybridized carbons (Fsp3) is 0.852. The molecular weight excluding hydrogens is 444 g/mol. The second-order valence-electron chi connectivity index (χ2n) is 9.41. The van der Waals surface area contributed by atoms with Gasteiger partial charge in [0.1, 0.15) is 0 Å². The van der Waals surface area contributed by atoms with Crippen molar-refractivity contribution in [1.29, 1.82) is 10.8 Å². The van der Waals surface area contributed by atoms with E-state index in [4.69, 9.17) is 20.4 Å². The van der Waals surface area contributed by atoms with Crippen LogP contribution in [0.1, 0.15) is 130 Å². The molecule has 0 atom stereocenters. The van der Waals surface area contributed by atoms with Crippen LogP contribution in [0.2, 0.25) is 0 Å². The number of carbonyl (C=O) groups excluding carboxylic acids is 4. The number of hydrogen-bond acceptors (Lipinski definition) is 8. The summed E-state index contributed by atoms with van der Waals surface area (Å²) in [6.45, 7) is 10.5. The maximum Gasteiger partial charge on any atom is 0.234 e. The van der Waals surface area contributed by atoms with Crippen molar-refractivity contribution in [3.63, 3.8) is 0 Å². The summed E-state index contributed by atoms with van der Waals surface area (Å²) in [7, 11) is 0. The van der Waals surface area contributed by atoms with E-state index in [9.17, 15) is 9.59 Å². The second kappa shape index (κ2) is 38.8. The van der Waals surface area contributed by atoms with E-state index in [0.717, 1.165) is 25.0 Å². The summed E-state index contributed by atoms with van der Waals surface area (Å²) in [5.74, 6) is 0. The Kier molecular flexibility index (Phi) is 44.0. The molecule has 0 heterocycles. The molecule has 0 bridgehead atoms. The summed E-state index contributed by atoms with van der Waals surface area (Å²) < 4.78 is 0. The molecule has 0 aliphatic carbocycles. The molecule has 0 aromatic rings. The minimum atomic E-state index is 0.551. The van der Waals surface area contributed by atoms with E-state index in [0.29, 0.717) is 18.5 Å². The zero-order chi connectivity index (χ0) is 27.5. The highest BCUT2D eigenvalue weighted by Gasteiger charge is 2.07. The van der Waals surface area contributed by atoms with Crippen LogP contribution in [0.3, 0.4) is 0 Å². The second-order valence-corrected chi connectivity index (χ2v) is 9.41. The number of nitrogens with one attached hydrogen (secondary N) is 2. The van der Waals surface area contributed by atoms with Crippen LogP contribution in [-0.4, -0.2) is 37.4 Å². The molecule has 0 aromatic heterocycles. The minimum Gasteiger partial charge on any atom is -0.222 e. The average molecular weight is 495 g/mol. The highest BCUT2D eigenvalue weighted by Crippen LogP contribution is 2.21. The van der Waals surface area contributed by atoms with Gasteiger partial charge in [-0.2, -0.15) is 0 Å². The van der Waals surface area contributed by atoms with Crippen molar-refractivity contribution in [3.8, 4) is 0 Å². The van der Waals surface area contributed by atoms with Crippen LogP contribution in [0.25, 0.3) is 0 Å². The quantitative estimate of drug-likeness (QED) is 0.114. The summed E-state index contributed by atoms with van der Waals surface area (Å²) in [6.07, 6.45) is 25.0. The van der Waals surface area contributed by atoms with Crippen molar-refractivity contribution in [3.05, 3.63) is 0 Å². The summed E-state index contributed by atoms with van der Waals surface area (Å²) in [4.78, 5) is 43.5. The molecule has 8 heteroatoms. The lowest BCUT2D eigenvalue weighted by molar-refractivity contribution is 0.359. The van der Waals surface area contributed by atoms with Crippen LogP contribution < -0.4 is 0 Å². The van der Waals surface area contributed by atoms with Crippen molar-refractivity contribution >= 4 is 24.3 Å². The van der Waals surface area contributed by atoms with E-state index in [2.05, 4.69) is 37.7 Å². The third-order valence-electron chi connectivity index (χ3n) is 4.95. The van der Waals surface area contributed by atoms with Crippen molar-refractivity contribution in [2.24, 2.45) is 15.4 Å². The average Bonchev–Trinajstić information content (AvgIpc) is 2.80. The Hall–Kier alpha value is -2.48. The minimum absolute atomic E-state index is 0.551. The molecule has 0 fully saturated rings. The number of nitrogens with zero attached hydrogens (tertiary/aromatic N) is 2. The molecule has 0 radical (unpaired) electrons. The SMILES string of the molecule is CCCCCC(C)(C)C.N=C=O.N=C=O.O=C=NCCCCCCCCCCCCCCN=C=O. The van der Waals surface area contributed by atoms with E-state index >= 15 is 0 Å². The number of hydrogen-bond donors (Lipinski definition) is 2. The predicted octanol–water partition coefficient (Wildman–Crippen LogP) is 7.75. The molecule has 2 N–H and O–H groups in total. The third-order valence-corrected chi connectivity index (χ3v) is 4.95. The van der Waals surface area contributed by atoms with E-state index in [1.165, 1.54) is 89.9 Å². The van der Waals surface area contributed by atoms with Gasteiger partial charge in [-0.1, -0.05) is 111 Å². The lowest BCUT2D eigenvalue weighted by Crippen LogP contribution is -2.03. The van der Waals surface area contributed by atoms with Crippen LogP contribution >= 0.6 is 0 Å². The Bertz CT molecular complexity index is 536. The van der Waals surface area contributed by atoms with Crippen LogP contribution in [-0.2, 0) is 19.2 Å². The first-order valence-electron chi connectivity index (χ1n) is 13.0. The van der Waals surface area contributed by atoms with Crippen LogP contribution in [0.4, 0.5) is 0 Å². The molecule has 202 valence electrons. The molecule has 0 rings (SSSR count). The Morgan fingerprint density at radius 1 is 0.543 bits per heavy atom. The van der Waals surface area contributed by atoms with Gasteiger partial charge in [0.05, 0.1) is 13.1 Å². The first-order valence-corrected chi connectivity index (χ1v) is 13.0. The molecular formula is C27H50N4O4. The van der Waals surface area contributed by atoms with Crippen molar-refractivity contribution < 1.29 is 19.2 Å². The van der Waals surface area contributed by atoms with Gasteiger partial charge in [-0.15, -0.1) is 0 Å². The molecule has 35 heavy (non-hydrogen) atoms. The fourth-order valence-electron chi connectivity index (χ4n) is 3.15. The Labute approximate surface area is 213 Å². The molecule has 0 spiro atoms. The third kappa shape index (κ3) is 65.2. The Morgan fingerprint density at radius 2 is 0.829 bits per heavy atom. The van der Waals surface area contributed by atoms with Gasteiger partial charge in [-0.25, -0.2) is 40.0 Å². The van der Waals surface area contributed by atoms with Gasteiger partial charge in [-0.3, -0.25) is 0 Å². The van der Waals surface area contributed by atoms with E-state index in [-0.39, 0.29) is 0 Å². The van der Waals surface area contributed by atoms with Gasteiger partial charge < -0.3 is 0 Å². The first kappa shape index (κ1) is 39.7. The topological polar surface area (TPSA) is 141 Å². The van der Waals surface area contributed by atoms with Gasteiger partial charge >= 0.3 is 0 Å². The number of rotatable bonds is 18. The van der Waals surface area contributed by atoms with Crippen molar-refractivity contribution in [1.82, 2.24) is 0 Å². The number of aliphatic imine (C=N–C) groups is 2. The molecule has 0 unspecified atom stereocenters. The van der Waals surface area contributed by atoms with E-state index < -0.39 is 0 Å². The largest absolute Gasteiger partial charge is 0.234 e.